The van der Waals surface area contributed by atoms with E-state index in [2.05, 4.69) is 271 Å². The molecule has 0 saturated heterocycles. The summed E-state index contributed by atoms with van der Waals surface area (Å²) in [6, 6.07) is 86.5. The molecule has 2 heterocycles. The molecule has 0 unspecified atom stereocenters. The van der Waals surface area contributed by atoms with E-state index in [4.69, 9.17) is 8.83 Å². The highest BCUT2D eigenvalue weighted by Crippen LogP contribution is 2.64. The van der Waals surface area contributed by atoms with Crippen molar-refractivity contribution >= 4 is 60.9 Å². The maximum absolute atomic E-state index is 7.09. The molecule has 0 atom stereocenters. The molecule has 13 aromatic rings. The van der Waals surface area contributed by atoms with Gasteiger partial charge in [-0.05, 0) is 181 Å². The zero-order chi connectivity index (χ0) is 72.2. The van der Waals surface area contributed by atoms with E-state index in [1.54, 1.807) is 16.7 Å². The molecule has 0 saturated carbocycles. The van der Waals surface area contributed by atoms with Crippen molar-refractivity contribution in [3.8, 4) is 66.8 Å². The van der Waals surface area contributed by atoms with Crippen molar-refractivity contribution < 1.29 is 8.83 Å². The van der Waals surface area contributed by atoms with Crippen molar-refractivity contribution in [1.29, 1.82) is 0 Å². The predicted octanol–water partition coefficient (Wildman–Crippen LogP) is 31.8. The van der Waals surface area contributed by atoms with Gasteiger partial charge in [-0.3, -0.25) is 0 Å². The molecule has 540 valence electrons. The lowest BCUT2D eigenvalue weighted by molar-refractivity contribution is 0.394. The number of nitrogens with zero attached hydrogens (tertiary/aromatic N) is 1. The van der Waals surface area contributed by atoms with Gasteiger partial charge in [0.1, 0.15) is 22.3 Å². The van der Waals surface area contributed by atoms with E-state index in [0.717, 1.165) is 51.7 Å². The Morgan fingerprint density at radius 3 is 1.30 bits per heavy atom. The van der Waals surface area contributed by atoms with Crippen LogP contribution in [0, 0.1) is 0 Å². The maximum atomic E-state index is 7.09. The molecule has 0 amide bonds. The quantitative estimate of drug-likeness (QED) is 0.0377. The molecule has 3 aliphatic carbocycles. The first-order chi connectivity index (χ1) is 52.2. The number of unbranched alkanes of at least 4 members (excludes halogenated alkanes) is 20. The zero-order valence-electron chi connectivity index (χ0n) is 64.4. The molecule has 106 heavy (non-hydrogen) atoms. The van der Waals surface area contributed by atoms with Crippen LogP contribution in [0.15, 0.2) is 233 Å². The van der Waals surface area contributed by atoms with E-state index < -0.39 is 0 Å². The molecule has 3 nitrogen and oxygen atoms in total. The Bertz CT molecular complexity index is 5200. The van der Waals surface area contributed by atoms with Crippen LogP contribution in [-0.4, -0.2) is 0 Å². The third kappa shape index (κ3) is 13.1. The molecule has 11 aromatic carbocycles. The topological polar surface area (TPSA) is 29.5 Å². The SMILES string of the molecule is CCCCCCCCC1(CCCCCCCC)c2cc(N(c3ccc4c(c3)C(C)(C)c3cc(-c5ccc(-c6ccccc6)cc5)c5oc6ccccc6c5c3-4)c3ccccc3-c3ccccc3)ccc2-c2cc3c(cc21)-c1c(ccc2oc4ccccc4c12)C3(CCCCCCCC)CCCCCCCC. The lowest BCUT2D eigenvalue weighted by atomic mass is 9.68. The van der Waals surface area contributed by atoms with Crippen molar-refractivity contribution in [3.05, 3.63) is 258 Å². The molecular weight excluding hydrogens is 1280 g/mol. The summed E-state index contributed by atoms with van der Waals surface area (Å²) in [4.78, 5) is 2.66. The van der Waals surface area contributed by atoms with Crippen LogP contribution >= 0.6 is 0 Å². The Morgan fingerprint density at radius 1 is 0.274 bits per heavy atom. The van der Waals surface area contributed by atoms with E-state index in [1.807, 2.05) is 0 Å². The first-order valence-electron chi connectivity index (χ1n) is 41.7. The van der Waals surface area contributed by atoms with Gasteiger partial charge in [-0.2, -0.15) is 0 Å². The van der Waals surface area contributed by atoms with E-state index in [-0.39, 0.29) is 16.2 Å². The Balaban J connectivity index is 0.899. The van der Waals surface area contributed by atoms with Gasteiger partial charge < -0.3 is 13.7 Å². The van der Waals surface area contributed by atoms with Crippen LogP contribution < -0.4 is 4.90 Å². The minimum absolute atomic E-state index is 0.114. The van der Waals surface area contributed by atoms with Gasteiger partial charge in [-0.25, -0.2) is 0 Å². The van der Waals surface area contributed by atoms with Gasteiger partial charge in [0.05, 0.1) is 5.69 Å². The van der Waals surface area contributed by atoms with Crippen molar-refractivity contribution in [2.24, 2.45) is 0 Å². The van der Waals surface area contributed by atoms with Crippen LogP contribution in [0.25, 0.3) is 111 Å². The van der Waals surface area contributed by atoms with Crippen LogP contribution in [0.3, 0.4) is 0 Å². The summed E-state index contributed by atoms with van der Waals surface area (Å²) in [7, 11) is 0. The molecule has 16 rings (SSSR count). The molecule has 0 radical (unpaired) electrons. The Hall–Kier alpha value is -9.18. The standard InChI is InChI=1S/C103H111NO2/c1-7-11-15-19-23-39-63-102(64-40-24-20-16-12-8-2)86-61-62-95-98(81-48-34-37-51-93(81)105-95)97(86)85-71-89-84(70-90(85)102)79-59-57-77(68-88(79)103(89,65-41-25-21-17-13-9-3)66-42-26-22-18-14-10-4)104(92-50-36-33-47-78(92)74-45-31-28-32-46-74)76-58-60-80-87(67-76)101(5,6)91-69-83(75-55-53-73(54-56-75)72-43-29-27-30-44-72)100-99(96(80)91)82-49-35-38-52-94(82)106-100/h27-38,43-62,67-71H,7-26,39-42,63-66H2,1-6H3. The van der Waals surface area contributed by atoms with Gasteiger partial charge in [-0.15, -0.1) is 0 Å². The van der Waals surface area contributed by atoms with Crippen LogP contribution in [0.1, 0.15) is 255 Å². The van der Waals surface area contributed by atoms with Gasteiger partial charge >= 0.3 is 0 Å². The summed E-state index contributed by atoms with van der Waals surface area (Å²) < 4.78 is 14.0. The molecule has 2 aromatic heterocycles. The van der Waals surface area contributed by atoms with Crippen molar-refractivity contribution in [3.63, 3.8) is 0 Å². The second kappa shape index (κ2) is 31.3. The molecule has 0 aliphatic heterocycles. The second-order valence-corrected chi connectivity index (χ2v) is 32.5. The van der Waals surface area contributed by atoms with Gasteiger partial charge in [0.15, 0.2) is 0 Å². The van der Waals surface area contributed by atoms with Crippen LogP contribution in [-0.2, 0) is 16.2 Å². The van der Waals surface area contributed by atoms with E-state index in [0.29, 0.717) is 0 Å². The van der Waals surface area contributed by atoms with Crippen LogP contribution in [0.5, 0.6) is 0 Å². The Labute approximate surface area is 632 Å². The van der Waals surface area contributed by atoms with Gasteiger partial charge in [0.2, 0.25) is 0 Å². The number of hydrogen-bond acceptors (Lipinski definition) is 3. The lowest BCUT2D eigenvalue weighted by Gasteiger charge is -2.35. The van der Waals surface area contributed by atoms with Crippen molar-refractivity contribution in [2.45, 2.75) is 238 Å². The number of para-hydroxylation sites is 3. The van der Waals surface area contributed by atoms with E-state index in [9.17, 15) is 0 Å². The number of hydrogen-bond donors (Lipinski definition) is 0. The third-order valence-corrected chi connectivity index (χ3v) is 25.5. The highest BCUT2D eigenvalue weighted by Gasteiger charge is 2.49. The number of rotatable bonds is 34. The van der Waals surface area contributed by atoms with Gasteiger partial charge in [-0.1, -0.05) is 353 Å². The fraction of sp³-hybridized carbons (Fsp3) is 0.359. The molecule has 0 fully saturated rings. The zero-order valence-corrected chi connectivity index (χ0v) is 64.4. The largest absolute Gasteiger partial charge is 0.456 e. The minimum atomic E-state index is -0.369. The molecule has 0 N–H and O–H groups in total. The number of anilines is 3. The van der Waals surface area contributed by atoms with Crippen molar-refractivity contribution in [2.75, 3.05) is 4.90 Å². The summed E-state index contributed by atoms with van der Waals surface area (Å²) in [5.74, 6) is 0. The minimum Gasteiger partial charge on any atom is -0.456 e. The molecule has 3 heteroatoms. The third-order valence-electron chi connectivity index (χ3n) is 25.5. The average Bonchev–Trinajstić information content (AvgIpc) is 1.50. The summed E-state index contributed by atoms with van der Waals surface area (Å²) in [6.45, 7) is 14.4. The summed E-state index contributed by atoms with van der Waals surface area (Å²) in [5.41, 5.74) is 31.3. The average molecular weight is 1400 g/mol. The number of fused-ring (bicyclic) bond motifs is 17. The highest BCUT2D eigenvalue weighted by molar-refractivity contribution is 6.19. The predicted molar refractivity (Wildman–Crippen MR) is 454 cm³/mol. The molecule has 0 bridgehead atoms. The maximum Gasteiger partial charge on any atom is 0.143 e. The van der Waals surface area contributed by atoms with E-state index >= 15 is 0 Å². The van der Waals surface area contributed by atoms with Gasteiger partial charge in [0, 0.05) is 60.3 Å². The van der Waals surface area contributed by atoms with Crippen LogP contribution in [0.2, 0.25) is 0 Å². The first kappa shape index (κ1) is 71.1. The highest BCUT2D eigenvalue weighted by atomic mass is 16.3. The first-order valence-corrected chi connectivity index (χ1v) is 41.7. The summed E-state index contributed by atoms with van der Waals surface area (Å²) >= 11 is 0. The smallest absolute Gasteiger partial charge is 0.143 e. The fourth-order valence-electron chi connectivity index (χ4n) is 19.9. The fourth-order valence-corrected chi connectivity index (χ4v) is 19.9. The summed E-state index contributed by atoms with van der Waals surface area (Å²) in [6.07, 6.45) is 35.4. The molecule has 0 spiro atoms. The van der Waals surface area contributed by atoms with E-state index in [1.165, 1.54) is 272 Å². The Morgan fingerprint density at radius 2 is 0.698 bits per heavy atom. The second-order valence-electron chi connectivity index (χ2n) is 32.5. The molecular formula is C103H111NO2. The monoisotopic (exact) mass is 1390 g/mol. The lowest BCUT2D eigenvalue weighted by Crippen LogP contribution is -2.27. The van der Waals surface area contributed by atoms with Gasteiger partial charge in [0.25, 0.3) is 0 Å². The van der Waals surface area contributed by atoms with Crippen LogP contribution in [0.4, 0.5) is 17.1 Å². The van der Waals surface area contributed by atoms with Crippen molar-refractivity contribution in [1.82, 2.24) is 0 Å². The summed E-state index contributed by atoms with van der Waals surface area (Å²) in [5, 5.41) is 4.93. The number of benzene rings is 11. The normalized spacial score (nSPS) is 14.1. The number of furan rings is 2. The Kier molecular flexibility index (Phi) is 21.0. The molecule has 3 aliphatic rings.